The Morgan fingerprint density at radius 2 is 1.87 bits per heavy atom. The number of benzene rings is 1. The highest BCUT2D eigenvalue weighted by molar-refractivity contribution is 6.05. The normalized spacial score (nSPS) is 20.1. The van der Waals surface area contributed by atoms with Gasteiger partial charge in [0.15, 0.2) is 0 Å². The van der Waals surface area contributed by atoms with Crippen LogP contribution in [-0.2, 0) is 16.6 Å². The fourth-order valence-corrected chi connectivity index (χ4v) is 6.77. The van der Waals surface area contributed by atoms with E-state index in [2.05, 4.69) is 37.4 Å². The van der Waals surface area contributed by atoms with Crippen LogP contribution in [0.25, 0.3) is 27.9 Å². The minimum Gasteiger partial charge on any atom is -0.383 e. The molecule has 3 N–H and O–H groups in total. The highest BCUT2D eigenvalue weighted by Gasteiger charge is 2.48. The van der Waals surface area contributed by atoms with Gasteiger partial charge in [-0.3, -0.25) is 9.59 Å². The van der Waals surface area contributed by atoms with Gasteiger partial charge in [0.1, 0.15) is 17.8 Å². The standard InChI is InChI=1S/C31H36N6O2/c1-19(2)29(38)35-23-12-10-21(11-13-23)26-24(25-27(32)33-18-34-28(25)36(26)3)20-6-8-22(9-7-20)30(39)37-17-5-16-31(37)14-4-15-31/h6,10-13,18,22H,1,4-5,7-9,14-17H2,2-3H3,(H,35,38)(H2,32,33,34)/t22-/m0/s1. The first kappa shape index (κ1) is 25.3. The molecular weight excluding hydrogens is 488 g/mol. The van der Waals surface area contributed by atoms with Gasteiger partial charge in [0.05, 0.1) is 11.1 Å². The van der Waals surface area contributed by atoms with Gasteiger partial charge in [-0.2, -0.15) is 0 Å². The molecule has 2 aromatic heterocycles. The number of aromatic nitrogens is 3. The maximum Gasteiger partial charge on any atom is 0.250 e. The third kappa shape index (κ3) is 4.22. The molecule has 3 heterocycles. The molecule has 2 amide bonds. The number of carbonyl (C=O) groups excluding carboxylic acids is 2. The number of aryl methyl sites for hydroxylation is 1. The van der Waals surface area contributed by atoms with Crippen LogP contribution in [0.4, 0.5) is 11.5 Å². The smallest absolute Gasteiger partial charge is 0.250 e. The van der Waals surface area contributed by atoms with Gasteiger partial charge < -0.3 is 20.5 Å². The average molecular weight is 525 g/mol. The van der Waals surface area contributed by atoms with Gasteiger partial charge in [0.25, 0.3) is 5.91 Å². The van der Waals surface area contributed by atoms with Crippen molar-refractivity contribution in [2.24, 2.45) is 13.0 Å². The average Bonchev–Trinajstić information content (AvgIpc) is 3.50. The lowest BCUT2D eigenvalue weighted by Crippen LogP contribution is -2.53. The Balaban J connectivity index is 1.34. The summed E-state index contributed by atoms with van der Waals surface area (Å²) in [5.74, 6) is 0.624. The first-order valence-corrected chi connectivity index (χ1v) is 14.0. The van der Waals surface area contributed by atoms with Crippen molar-refractivity contribution in [2.45, 2.75) is 63.8 Å². The lowest BCUT2D eigenvalue weighted by molar-refractivity contribution is -0.143. The molecule has 2 aliphatic carbocycles. The monoisotopic (exact) mass is 524 g/mol. The van der Waals surface area contributed by atoms with Crippen LogP contribution >= 0.6 is 0 Å². The quantitative estimate of drug-likeness (QED) is 0.431. The third-order valence-electron chi connectivity index (χ3n) is 9.03. The van der Waals surface area contributed by atoms with Crippen LogP contribution in [-0.4, -0.2) is 43.3 Å². The van der Waals surface area contributed by atoms with E-state index in [9.17, 15) is 9.59 Å². The number of nitrogens with one attached hydrogen (secondary N) is 1. The number of fused-ring (bicyclic) bond motifs is 1. The number of hydrogen-bond donors (Lipinski definition) is 2. The molecule has 1 aliphatic heterocycles. The number of nitrogens with zero attached hydrogens (tertiary/aromatic N) is 4. The molecule has 0 unspecified atom stereocenters. The van der Waals surface area contributed by atoms with E-state index in [1.807, 2.05) is 31.3 Å². The zero-order valence-corrected chi connectivity index (χ0v) is 22.8. The molecule has 8 heteroatoms. The number of rotatable bonds is 5. The van der Waals surface area contributed by atoms with Crippen molar-refractivity contribution in [3.05, 3.63) is 54.4 Å². The molecule has 8 nitrogen and oxygen atoms in total. The molecule has 1 atom stereocenters. The van der Waals surface area contributed by atoms with Crippen molar-refractivity contribution >= 4 is 39.9 Å². The number of hydrogen-bond acceptors (Lipinski definition) is 5. The molecule has 3 aromatic rings. The summed E-state index contributed by atoms with van der Waals surface area (Å²) in [6.45, 7) is 6.30. The van der Waals surface area contributed by atoms with E-state index in [1.165, 1.54) is 37.6 Å². The van der Waals surface area contributed by atoms with Gasteiger partial charge in [0, 0.05) is 41.9 Å². The largest absolute Gasteiger partial charge is 0.383 e. The summed E-state index contributed by atoms with van der Waals surface area (Å²) >= 11 is 0. The number of carbonyl (C=O) groups is 2. The van der Waals surface area contributed by atoms with E-state index in [0.29, 0.717) is 23.0 Å². The van der Waals surface area contributed by atoms with Crippen LogP contribution in [0.2, 0.25) is 0 Å². The first-order chi connectivity index (χ1) is 18.8. The van der Waals surface area contributed by atoms with Gasteiger partial charge in [-0.15, -0.1) is 0 Å². The minimum absolute atomic E-state index is 0.0348. The Morgan fingerprint density at radius 3 is 2.51 bits per heavy atom. The third-order valence-corrected chi connectivity index (χ3v) is 9.03. The predicted molar refractivity (Wildman–Crippen MR) is 155 cm³/mol. The number of amides is 2. The number of nitrogens with two attached hydrogens (primary N) is 1. The summed E-state index contributed by atoms with van der Waals surface area (Å²) in [6, 6.07) is 7.78. The number of allylic oxidation sites excluding steroid dienone is 2. The van der Waals surface area contributed by atoms with Gasteiger partial charge in [-0.05, 0) is 81.6 Å². The van der Waals surface area contributed by atoms with Crippen molar-refractivity contribution < 1.29 is 9.59 Å². The van der Waals surface area contributed by atoms with E-state index < -0.39 is 0 Å². The molecule has 6 rings (SSSR count). The van der Waals surface area contributed by atoms with Gasteiger partial charge in [0.2, 0.25) is 5.91 Å². The van der Waals surface area contributed by atoms with Gasteiger partial charge in [-0.1, -0.05) is 24.8 Å². The van der Waals surface area contributed by atoms with Crippen molar-refractivity contribution in [1.29, 1.82) is 0 Å². The van der Waals surface area contributed by atoms with Gasteiger partial charge in [-0.25, -0.2) is 9.97 Å². The number of anilines is 2. The molecule has 202 valence electrons. The van der Waals surface area contributed by atoms with Crippen molar-refractivity contribution in [2.75, 3.05) is 17.6 Å². The SMILES string of the molecule is C=C(C)C(=O)Nc1ccc(-c2c(C3=CC[C@H](C(=O)N4CCCC45CCC5)CC3)c3c(N)ncnc3n2C)cc1. The second kappa shape index (κ2) is 9.67. The lowest BCUT2D eigenvalue weighted by atomic mass is 9.74. The molecule has 2 fully saturated rings. The van der Waals surface area contributed by atoms with Crippen LogP contribution in [0, 0.1) is 5.92 Å². The Kier molecular flexibility index (Phi) is 6.28. The molecule has 1 aromatic carbocycles. The lowest BCUT2D eigenvalue weighted by Gasteiger charge is -2.47. The predicted octanol–water partition coefficient (Wildman–Crippen LogP) is 5.46. The fraction of sp³-hybridized carbons (Fsp3) is 0.419. The Labute approximate surface area is 229 Å². The van der Waals surface area contributed by atoms with Crippen LogP contribution in [0.15, 0.2) is 48.8 Å². The minimum atomic E-state index is -0.204. The Bertz CT molecular complexity index is 1510. The van der Waals surface area contributed by atoms with Crippen LogP contribution in [0.1, 0.15) is 63.9 Å². The number of likely N-dealkylation sites (tertiary alicyclic amines) is 1. The Hall–Kier alpha value is -3.94. The molecular formula is C31H36N6O2. The van der Waals surface area contributed by atoms with Crippen molar-refractivity contribution in [3.63, 3.8) is 0 Å². The fourth-order valence-electron chi connectivity index (χ4n) is 6.77. The second-order valence-corrected chi connectivity index (χ2v) is 11.4. The zero-order valence-electron chi connectivity index (χ0n) is 22.8. The van der Waals surface area contributed by atoms with Crippen LogP contribution < -0.4 is 11.1 Å². The van der Waals surface area contributed by atoms with Crippen molar-refractivity contribution in [1.82, 2.24) is 19.4 Å². The summed E-state index contributed by atoms with van der Waals surface area (Å²) in [4.78, 5) is 36.8. The highest BCUT2D eigenvalue weighted by Crippen LogP contribution is 2.48. The summed E-state index contributed by atoms with van der Waals surface area (Å²) in [6.07, 6.45) is 12.0. The molecule has 1 spiro atoms. The molecule has 3 aliphatic rings. The summed E-state index contributed by atoms with van der Waals surface area (Å²) < 4.78 is 2.06. The maximum atomic E-state index is 13.6. The Morgan fingerprint density at radius 1 is 1.13 bits per heavy atom. The first-order valence-electron chi connectivity index (χ1n) is 14.0. The van der Waals surface area contributed by atoms with E-state index in [0.717, 1.165) is 60.1 Å². The summed E-state index contributed by atoms with van der Waals surface area (Å²) in [5.41, 5.74) is 12.7. The van der Waals surface area contributed by atoms with Crippen LogP contribution in [0.5, 0.6) is 0 Å². The van der Waals surface area contributed by atoms with E-state index in [1.54, 1.807) is 6.92 Å². The molecule has 0 bridgehead atoms. The highest BCUT2D eigenvalue weighted by atomic mass is 16.2. The summed E-state index contributed by atoms with van der Waals surface area (Å²) in [7, 11) is 1.99. The summed E-state index contributed by atoms with van der Waals surface area (Å²) in [5, 5.41) is 3.71. The van der Waals surface area contributed by atoms with E-state index >= 15 is 0 Å². The molecule has 1 saturated carbocycles. The van der Waals surface area contributed by atoms with Crippen LogP contribution in [0.3, 0.4) is 0 Å². The molecule has 0 radical (unpaired) electrons. The maximum absolute atomic E-state index is 13.6. The number of nitrogen functional groups attached to an aromatic ring is 1. The van der Waals surface area contributed by atoms with Gasteiger partial charge >= 0.3 is 0 Å². The topological polar surface area (TPSA) is 106 Å². The zero-order chi connectivity index (χ0) is 27.3. The molecule has 1 saturated heterocycles. The van der Waals surface area contributed by atoms with E-state index in [-0.39, 0.29) is 17.4 Å². The second-order valence-electron chi connectivity index (χ2n) is 11.4. The van der Waals surface area contributed by atoms with Crippen molar-refractivity contribution in [3.8, 4) is 11.3 Å². The van der Waals surface area contributed by atoms with E-state index in [4.69, 9.17) is 5.73 Å². The molecule has 39 heavy (non-hydrogen) atoms.